The molecule has 0 spiro atoms. The van der Waals surface area contributed by atoms with E-state index in [0.29, 0.717) is 0 Å². The van der Waals surface area contributed by atoms with Crippen molar-refractivity contribution in [1.29, 1.82) is 0 Å². The lowest BCUT2D eigenvalue weighted by atomic mass is 9.98. The molecule has 0 N–H and O–H groups in total. The molecule has 4 rings (SSSR count). The van der Waals surface area contributed by atoms with Crippen LogP contribution in [0.2, 0.25) is 5.02 Å². The fourth-order valence-corrected chi connectivity index (χ4v) is 3.96. The zero-order valence-electron chi connectivity index (χ0n) is 18.5. The van der Waals surface area contributed by atoms with Crippen molar-refractivity contribution in [2.24, 2.45) is 0 Å². The van der Waals surface area contributed by atoms with Gasteiger partial charge in [0.05, 0.1) is 17.1 Å². The Morgan fingerprint density at radius 2 is 1.20 bits per heavy atom. The topological polar surface area (TPSA) is 17.8 Å². The first-order chi connectivity index (χ1) is 14.3. The minimum absolute atomic E-state index is 0.749. The summed E-state index contributed by atoms with van der Waals surface area (Å²) in [6.45, 7) is 12.8. The van der Waals surface area contributed by atoms with Gasteiger partial charge in [0.25, 0.3) is 0 Å². The lowest BCUT2D eigenvalue weighted by Crippen LogP contribution is -2.00. The molecule has 0 aliphatic carbocycles. The predicted octanol–water partition coefficient (Wildman–Crippen LogP) is 7.71. The first kappa shape index (κ1) is 20.4. The zero-order chi connectivity index (χ0) is 21.6. The number of nitrogens with zero attached hydrogens (tertiary/aromatic N) is 2. The summed E-state index contributed by atoms with van der Waals surface area (Å²) in [6, 6.07) is 19.3. The van der Waals surface area contributed by atoms with Crippen LogP contribution in [-0.4, -0.2) is 9.78 Å². The van der Waals surface area contributed by atoms with Crippen molar-refractivity contribution < 1.29 is 0 Å². The summed E-state index contributed by atoms with van der Waals surface area (Å²) in [4.78, 5) is 0. The lowest BCUT2D eigenvalue weighted by molar-refractivity contribution is 0.890. The number of benzene rings is 3. The molecule has 0 radical (unpaired) electrons. The van der Waals surface area contributed by atoms with E-state index in [1.165, 1.54) is 27.8 Å². The van der Waals surface area contributed by atoms with E-state index in [2.05, 4.69) is 83.1 Å². The Labute approximate surface area is 184 Å². The summed E-state index contributed by atoms with van der Waals surface area (Å²) >= 11 is 6.47. The van der Waals surface area contributed by atoms with Crippen LogP contribution in [0.15, 0.2) is 54.6 Å². The average molecular weight is 415 g/mol. The molecule has 0 fully saturated rings. The SMILES string of the molecule is Cc1ccc(-c2nn(-c3ccc(C)c(Cl)c3)c(-c3ccc(C)c(C)c3)c2C)cc1C. The number of hydrogen-bond donors (Lipinski definition) is 0. The second kappa shape index (κ2) is 7.77. The Hall–Kier alpha value is -2.84. The number of rotatable bonds is 3. The average Bonchev–Trinajstić information content (AvgIpc) is 3.05. The second-order valence-corrected chi connectivity index (χ2v) is 8.67. The summed E-state index contributed by atoms with van der Waals surface area (Å²) in [7, 11) is 0. The van der Waals surface area contributed by atoms with Crippen LogP contribution < -0.4 is 0 Å². The van der Waals surface area contributed by atoms with Crippen LogP contribution in [0.4, 0.5) is 0 Å². The summed E-state index contributed by atoms with van der Waals surface area (Å²) in [5.74, 6) is 0. The van der Waals surface area contributed by atoms with Crippen molar-refractivity contribution in [3.8, 4) is 28.2 Å². The largest absolute Gasteiger partial charge is 0.232 e. The molecule has 0 atom stereocenters. The number of aromatic nitrogens is 2. The number of aryl methyl sites for hydroxylation is 5. The minimum Gasteiger partial charge on any atom is -0.232 e. The van der Waals surface area contributed by atoms with Gasteiger partial charge in [-0.1, -0.05) is 41.9 Å². The number of hydrogen-bond acceptors (Lipinski definition) is 1. The fraction of sp³-hybridized carbons (Fsp3) is 0.222. The Morgan fingerprint density at radius 3 is 1.80 bits per heavy atom. The van der Waals surface area contributed by atoms with Crippen molar-refractivity contribution in [3.63, 3.8) is 0 Å². The second-order valence-electron chi connectivity index (χ2n) is 8.27. The molecule has 0 unspecified atom stereocenters. The maximum absolute atomic E-state index is 6.47. The van der Waals surface area contributed by atoms with Crippen molar-refractivity contribution in [1.82, 2.24) is 9.78 Å². The van der Waals surface area contributed by atoms with Gasteiger partial charge in [0.1, 0.15) is 0 Å². The van der Waals surface area contributed by atoms with Gasteiger partial charge in [-0.05, 0) is 93.6 Å². The lowest BCUT2D eigenvalue weighted by Gasteiger charge is -2.11. The fourth-order valence-electron chi connectivity index (χ4n) is 3.79. The zero-order valence-corrected chi connectivity index (χ0v) is 19.2. The van der Waals surface area contributed by atoms with Crippen LogP contribution in [0.25, 0.3) is 28.2 Å². The van der Waals surface area contributed by atoms with Crippen molar-refractivity contribution >= 4 is 11.6 Å². The molecule has 2 nitrogen and oxygen atoms in total. The first-order valence-electron chi connectivity index (χ1n) is 10.3. The van der Waals surface area contributed by atoms with Crippen LogP contribution in [-0.2, 0) is 0 Å². The highest BCUT2D eigenvalue weighted by Gasteiger charge is 2.19. The van der Waals surface area contributed by atoms with Gasteiger partial charge in [0.15, 0.2) is 0 Å². The van der Waals surface area contributed by atoms with Gasteiger partial charge in [-0.15, -0.1) is 0 Å². The quantitative estimate of drug-likeness (QED) is 0.335. The van der Waals surface area contributed by atoms with E-state index in [-0.39, 0.29) is 0 Å². The van der Waals surface area contributed by atoms with E-state index < -0.39 is 0 Å². The third-order valence-corrected chi connectivity index (χ3v) is 6.49. The monoisotopic (exact) mass is 414 g/mol. The smallest absolute Gasteiger partial charge is 0.0963 e. The van der Waals surface area contributed by atoms with E-state index in [4.69, 9.17) is 16.7 Å². The molecule has 0 saturated carbocycles. The van der Waals surface area contributed by atoms with E-state index in [1.54, 1.807) is 0 Å². The Kier molecular flexibility index (Phi) is 5.29. The molecule has 3 aromatic carbocycles. The highest BCUT2D eigenvalue weighted by atomic mass is 35.5. The molecule has 30 heavy (non-hydrogen) atoms. The molecule has 0 aliphatic heterocycles. The molecule has 0 saturated heterocycles. The van der Waals surface area contributed by atoms with Gasteiger partial charge in [-0.25, -0.2) is 4.68 Å². The minimum atomic E-state index is 0.749. The van der Waals surface area contributed by atoms with Gasteiger partial charge in [0, 0.05) is 21.7 Å². The molecular weight excluding hydrogens is 388 g/mol. The Balaban J connectivity index is 2.00. The molecular formula is C27H27ClN2. The van der Waals surface area contributed by atoms with Crippen molar-refractivity contribution in [2.45, 2.75) is 41.5 Å². The highest BCUT2D eigenvalue weighted by molar-refractivity contribution is 6.31. The van der Waals surface area contributed by atoms with Gasteiger partial charge in [-0.3, -0.25) is 0 Å². The van der Waals surface area contributed by atoms with E-state index >= 15 is 0 Å². The third-order valence-electron chi connectivity index (χ3n) is 6.08. The van der Waals surface area contributed by atoms with Crippen molar-refractivity contribution in [2.75, 3.05) is 0 Å². The maximum Gasteiger partial charge on any atom is 0.0963 e. The van der Waals surface area contributed by atoms with Gasteiger partial charge < -0.3 is 0 Å². The van der Waals surface area contributed by atoms with E-state index in [1.807, 2.05) is 17.7 Å². The first-order valence-corrected chi connectivity index (χ1v) is 10.7. The van der Waals surface area contributed by atoms with Crippen LogP contribution in [0.5, 0.6) is 0 Å². The molecule has 4 aromatic rings. The van der Waals surface area contributed by atoms with Crippen LogP contribution in [0.3, 0.4) is 0 Å². The number of halogens is 1. The van der Waals surface area contributed by atoms with Gasteiger partial charge in [0.2, 0.25) is 0 Å². The standard InChI is InChI=1S/C27H27ClN2/c1-16-7-10-22(13-19(16)4)26-21(6)27(23-11-8-17(2)20(5)14-23)30(29-26)24-12-9-18(3)25(28)15-24/h7-15H,1-6H3. The molecule has 0 aliphatic rings. The van der Waals surface area contributed by atoms with Crippen LogP contribution >= 0.6 is 11.6 Å². The summed E-state index contributed by atoms with van der Waals surface area (Å²) in [5.41, 5.74) is 12.7. The summed E-state index contributed by atoms with van der Waals surface area (Å²) in [5, 5.41) is 5.83. The molecule has 1 heterocycles. The van der Waals surface area contributed by atoms with Crippen LogP contribution in [0, 0.1) is 41.5 Å². The normalized spacial score (nSPS) is 11.2. The third kappa shape index (κ3) is 3.57. The highest BCUT2D eigenvalue weighted by Crippen LogP contribution is 2.35. The molecule has 1 aromatic heterocycles. The predicted molar refractivity (Wildman–Crippen MR) is 128 cm³/mol. The van der Waals surface area contributed by atoms with Crippen molar-refractivity contribution in [3.05, 3.63) is 93.0 Å². The molecule has 3 heteroatoms. The Morgan fingerprint density at radius 1 is 0.633 bits per heavy atom. The summed E-state index contributed by atoms with van der Waals surface area (Å²) < 4.78 is 2.04. The summed E-state index contributed by atoms with van der Waals surface area (Å²) in [6.07, 6.45) is 0. The van der Waals surface area contributed by atoms with Gasteiger partial charge in [-0.2, -0.15) is 5.10 Å². The van der Waals surface area contributed by atoms with E-state index in [0.717, 1.165) is 38.8 Å². The Bertz CT molecular complexity index is 1260. The van der Waals surface area contributed by atoms with E-state index in [9.17, 15) is 0 Å². The van der Waals surface area contributed by atoms with Crippen LogP contribution in [0.1, 0.15) is 33.4 Å². The van der Waals surface area contributed by atoms with Gasteiger partial charge >= 0.3 is 0 Å². The maximum atomic E-state index is 6.47. The molecule has 0 bridgehead atoms. The molecule has 152 valence electrons. The molecule has 0 amide bonds.